The van der Waals surface area contributed by atoms with Crippen molar-refractivity contribution in [2.75, 3.05) is 11.9 Å². The molecule has 2 aromatic carbocycles. The number of nitrogens with one attached hydrogen (secondary N) is 2. The van der Waals surface area contributed by atoms with E-state index in [0.717, 1.165) is 17.7 Å². The Hall–Kier alpha value is -2.09. The third-order valence-electron chi connectivity index (χ3n) is 5.59. The molecule has 3 atom stereocenters. The number of amides is 2. The standard InChI is InChI=1S/C20H22ClN3O3S/c1-13-9-15(21)7-8-18(13)22-20(25)24-12-14-10-16(24)11-19(14)23-28(26,27)17-5-3-2-4-6-17/h2-9,14,16,19,23H,10-12H2,1H3,(H,22,25). The second-order valence-electron chi connectivity index (χ2n) is 7.47. The van der Waals surface area contributed by atoms with Gasteiger partial charge in [-0.2, -0.15) is 0 Å². The molecular formula is C20H22ClN3O3S. The van der Waals surface area contributed by atoms with E-state index < -0.39 is 10.0 Å². The van der Waals surface area contributed by atoms with Crippen LogP contribution in [0.15, 0.2) is 53.4 Å². The van der Waals surface area contributed by atoms with Crippen molar-refractivity contribution < 1.29 is 13.2 Å². The molecule has 0 spiro atoms. The summed E-state index contributed by atoms with van der Waals surface area (Å²) in [6, 6.07) is 13.5. The summed E-state index contributed by atoms with van der Waals surface area (Å²) in [5.41, 5.74) is 1.64. The molecule has 1 saturated carbocycles. The van der Waals surface area contributed by atoms with Crippen molar-refractivity contribution in [2.45, 2.75) is 36.7 Å². The van der Waals surface area contributed by atoms with Crippen LogP contribution in [0.25, 0.3) is 0 Å². The molecule has 2 fully saturated rings. The summed E-state index contributed by atoms with van der Waals surface area (Å²) >= 11 is 5.97. The van der Waals surface area contributed by atoms with Crippen LogP contribution in [-0.4, -0.2) is 38.0 Å². The third-order valence-corrected chi connectivity index (χ3v) is 7.33. The second kappa shape index (κ2) is 7.39. The zero-order valence-corrected chi connectivity index (χ0v) is 17.0. The first-order valence-electron chi connectivity index (χ1n) is 9.24. The molecule has 148 valence electrons. The van der Waals surface area contributed by atoms with Gasteiger partial charge in [-0.05, 0) is 61.6 Å². The highest BCUT2D eigenvalue weighted by Gasteiger charge is 2.47. The minimum Gasteiger partial charge on any atom is -0.321 e. The van der Waals surface area contributed by atoms with Gasteiger partial charge in [-0.15, -0.1) is 0 Å². The van der Waals surface area contributed by atoms with Gasteiger partial charge >= 0.3 is 6.03 Å². The number of likely N-dealkylation sites (tertiary alicyclic amines) is 1. The smallest absolute Gasteiger partial charge is 0.321 e. The zero-order chi connectivity index (χ0) is 19.9. The van der Waals surface area contributed by atoms with Crippen LogP contribution in [0.1, 0.15) is 18.4 Å². The van der Waals surface area contributed by atoms with Crippen molar-refractivity contribution >= 4 is 33.3 Å². The molecule has 6 nitrogen and oxygen atoms in total. The van der Waals surface area contributed by atoms with Gasteiger partial charge in [0.2, 0.25) is 10.0 Å². The Balaban J connectivity index is 1.39. The molecule has 0 radical (unpaired) electrons. The van der Waals surface area contributed by atoms with E-state index in [2.05, 4.69) is 10.0 Å². The first-order chi connectivity index (χ1) is 13.3. The highest BCUT2D eigenvalue weighted by atomic mass is 35.5. The number of benzene rings is 2. The lowest BCUT2D eigenvalue weighted by molar-refractivity contribution is 0.188. The lowest BCUT2D eigenvalue weighted by Crippen LogP contribution is -2.48. The highest BCUT2D eigenvalue weighted by Crippen LogP contribution is 2.39. The Morgan fingerprint density at radius 1 is 1.14 bits per heavy atom. The number of piperidine rings is 1. The van der Waals surface area contributed by atoms with E-state index >= 15 is 0 Å². The molecule has 1 aliphatic heterocycles. The summed E-state index contributed by atoms with van der Waals surface area (Å²) in [4.78, 5) is 14.8. The lowest BCUT2D eigenvalue weighted by atomic mass is 10.0. The average Bonchev–Trinajstić information content (AvgIpc) is 3.24. The Morgan fingerprint density at radius 3 is 2.54 bits per heavy atom. The number of hydrogen-bond acceptors (Lipinski definition) is 3. The van der Waals surface area contributed by atoms with E-state index in [9.17, 15) is 13.2 Å². The number of fused-ring (bicyclic) bond motifs is 2. The predicted octanol–water partition coefficient (Wildman–Crippen LogP) is 3.62. The molecule has 2 amide bonds. The largest absolute Gasteiger partial charge is 0.322 e. The number of anilines is 1. The van der Waals surface area contributed by atoms with Crippen LogP contribution < -0.4 is 10.0 Å². The van der Waals surface area contributed by atoms with E-state index in [1.165, 1.54) is 0 Å². The molecule has 0 aromatic heterocycles. The summed E-state index contributed by atoms with van der Waals surface area (Å²) in [5.74, 6) is 0.126. The predicted molar refractivity (Wildman–Crippen MR) is 109 cm³/mol. The van der Waals surface area contributed by atoms with E-state index in [1.807, 2.05) is 17.9 Å². The fourth-order valence-corrected chi connectivity index (χ4v) is 5.73. The van der Waals surface area contributed by atoms with E-state index in [1.54, 1.807) is 42.5 Å². The van der Waals surface area contributed by atoms with Gasteiger partial charge in [-0.25, -0.2) is 17.9 Å². The lowest BCUT2D eigenvalue weighted by Gasteiger charge is -2.32. The number of sulfonamides is 1. The van der Waals surface area contributed by atoms with Crippen molar-refractivity contribution in [3.8, 4) is 0 Å². The van der Waals surface area contributed by atoms with Crippen molar-refractivity contribution in [3.63, 3.8) is 0 Å². The molecule has 1 heterocycles. The number of rotatable bonds is 4. The summed E-state index contributed by atoms with van der Waals surface area (Å²) in [5, 5.41) is 3.57. The SMILES string of the molecule is Cc1cc(Cl)ccc1NC(=O)N1CC2CC1CC2NS(=O)(=O)c1ccccc1. The van der Waals surface area contributed by atoms with Gasteiger partial charge in [-0.3, -0.25) is 0 Å². The van der Waals surface area contributed by atoms with Crippen LogP contribution in [0.2, 0.25) is 5.02 Å². The topological polar surface area (TPSA) is 78.5 Å². The maximum atomic E-state index is 12.7. The number of hydrogen-bond donors (Lipinski definition) is 2. The molecule has 1 saturated heterocycles. The summed E-state index contributed by atoms with van der Waals surface area (Å²) in [6.07, 6.45) is 1.44. The van der Waals surface area contributed by atoms with Crippen LogP contribution in [0.4, 0.5) is 10.5 Å². The Morgan fingerprint density at radius 2 is 1.89 bits per heavy atom. The van der Waals surface area contributed by atoms with Crippen molar-refractivity contribution in [1.82, 2.24) is 9.62 Å². The van der Waals surface area contributed by atoms with Crippen LogP contribution >= 0.6 is 11.6 Å². The van der Waals surface area contributed by atoms with Gasteiger partial charge in [0.15, 0.2) is 0 Å². The fourth-order valence-electron chi connectivity index (χ4n) is 4.17. The molecule has 1 aliphatic carbocycles. The average molecular weight is 420 g/mol. The molecule has 2 aromatic rings. The number of carbonyl (C=O) groups excluding carboxylic acids is 1. The molecule has 4 rings (SSSR count). The molecule has 8 heteroatoms. The third kappa shape index (κ3) is 3.74. The summed E-state index contributed by atoms with van der Waals surface area (Å²) < 4.78 is 28.0. The Kier molecular flexibility index (Phi) is 5.07. The van der Waals surface area contributed by atoms with Crippen molar-refractivity contribution in [3.05, 3.63) is 59.1 Å². The van der Waals surface area contributed by atoms with Gasteiger partial charge in [0.25, 0.3) is 0 Å². The van der Waals surface area contributed by atoms with E-state index in [0.29, 0.717) is 18.0 Å². The fraction of sp³-hybridized carbons (Fsp3) is 0.350. The van der Waals surface area contributed by atoms with Crippen molar-refractivity contribution in [2.24, 2.45) is 5.92 Å². The van der Waals surface area contributed by atoms with Gasteiger partial charge in [0.05, 0.1) is 4.90 Å². The number of halogens is 1. The van der Waals surface area contributed by atoms with Crippen molar-refractivity contribution in [1.29, 1.82) is 0 Å². The molecule has 3 unspecified atom stereocenters. The minimum absolute atomic E-state index is 0.0427. The minimum atomic E-state index is -3.54. The second-order valence-corrected chi connectivity index (χ2v) is 9.62. The zero-order valence-electron chi connectivity index (χ0n) is 15.4. The molecule has 2 bridgehead atoms. The highest BCUT2D eigenvalue weighted by molar-refractivity contribution is 7.89. The van der Waals surface area contributed by atoms with Crippen LogP contribution in [0.3, 0.4) is 0 Å². The Labute approximate surface area is 169 Å². The first-order valence-corrected chi connectivity index (χ1v) is 11.1. The molecule has 2 aliphatic rings. The quantitative estimate of drug-likeness (QED) is 0.794. The van der Waals surface area contributed by atoms with Gasteiger partial charge in [-0.1, -0.05) is 29.8 Å². The number of nitrogens with zero attached hydrogens (tertiary/aromatic N) is 1. The summed E-state index contributed by atoms with van der Waals surface area (Å²) in [7, 11) is -3.54. The molecule has 2 N–H and O–H groups in total. The maximum absolute atomic E-state index is 12.7. The van der Waals surface area contributed by atoms with E-state index in [4.69, 9.17) is 11.6 Å². The summed E-state index contributed by atoms with van der Waals surface area (Å²) in [6.45, 7) is 2.44. The van der Waals surface area contributed by atoms with Gasteiger partial charge in [0, 0.05) is 29.3 Å². The monoisotopic (exact) mass is 419 g/mol. The normalized spacial score (nSPS) is 23.8. The van der Waals surface area contributed by atoms with Crippen LogP contribution in [0, 0.1) is 12.8 Å². The van der Waals surface area contributed by atoms with Crippen LogP contribution in [0.5, 0.6) is 0 Å². The first kappa shape index (κ1) is 19.2. The van der Waals surface area contributed by atoms with Gasteiger partial charge < -0.3 is 10.2 Å². The van der Waals surface area contributed by atoms with E-state index in [-0.39, 0.29) is 28.9 Å². The molecule has 28 heavy (non-hydrogen) atoms. The molecular weight excluding hydrogens is 398 g/mol. The Bertz CT molecular complexity index is 997. The van der Waals surface area contributed by atoms with Gasteiger partial charge in [0.1, 0.15) is 0 Å². The number of carbonyl (C=O) groups is 1. The number of aryl methyl sites for hydroxylation is 1. The van der Waals surface area contributed by atoms with Crippen LogP contribution in [-0.2, 0) is 10.0 Å². The number of urea groups is 1. The maximum Gasteiger partial charge on any atom is 0.322 e.